The molecule has 1 unspecified atom stereocenters. The van der Waals surface area contributed by atoms with Crippen molar-refractivity contribution in [1.29, 1.82) is 0 Å². The number of amides is 3. The van der Waals surface area contributed by atoms with Gasteiger partial charge in [0, 0.05) is 36.9 Å². The highest BCUT2D eigenvalue weighted by Gasteiger charge is 2.50. The van der Waals surface area contributed by atoms with Crippen LogP contribution in [0, 0.1) is 21.7 Å². The summed E-state index contributed by atoms with van der Waals surface area (Å²) in [6, 6.07) is 5.66. The lowest BCUT2D eigenvalue weighted by atomic mass is 9.91. The summed E-state index contributed by atoms with van der Waals surface area (Å²) in [5, 5.41) is 13.4. The first-order chi connectivity index (χ1) is 15.1. The summed E-state index contributed by atoms with van der Waals surface area (Å²) in [5.41, 5.74) is -1.74. The van der Waals surface area contributed by atoms with E-state index in [2.05, 4.69) is 5.32 Å². The van der Waals surface area contributed by atoms with E-state index < -0.39 is 39.8 Å². The van der Waals surface area contributed by atoms with Crippen molar-refractivity contribution in [3.8, 4) is 0 Å². The smallest absolute Gasteiger partial charge is 0.408 e. The predicted octanol–water partition coefficient (Wildman–Crippen LogP) is 2.64. The Morgan fingerprint density at radius 2 is 1.88 bits per heavy atom. The molecule has 1 N–H and O–H groups in total. The number of nitro groups is 1. The molecule has 166 valence electrons. The minimum atomic E-state index is -1.71. The molecule has 1 aromatic heterocycles. The van der Waals surface area contributed by atoms with Crippen molar-refractivity contribution in [3.05, 3.63) is 74.3 Å². The van der Waals surface area contributed by atoms with E-state index in [1.165, 1.54) is 29.7 Å². The lowest BCUT2D eigenvalue weighted by Gasteiger charge is -2.22. The van der Waals surface area contributed by atoms with E-state index in [1.807, 2.05) is 0 Å². The fourth-order valence-electron chi connectivity index (χ4n) is 3.74. The van der Waals surface area contributed by atoms with Gasteiger partial charge in [0.25, 0.3) is 11.6 Å². The predicted molar refractivity (Wildman–Crippen MR) is 106 cm³/mol. The topological polar surface area (TPSA) is 128 Å². The van der Waals surface area contributed by atoms with Crippen molar-refractivity contribution >= 4 is 28.7 Å². The van der Waals surface area contributed by atoms with Crippen LogP contribution in [0.2, 0.25) is 0 Å². The van der Waals surface area contributed by atoms with Gasteiger partial charge in [0.2, 0.25) is 0 Å². The van der Waals surface area contributed by atoms with E-state index in [4.69, 9.17) is 4.42 Å². The van der Waals surface area contributed by atoms with E-state index in [0.29, 0.717) is 6.07 Å². The van der Waals surface area contributed by atoms with Gasteiger partial charge in [-0.05, 0) is 25.5 Å². The fourth-order valence-corrected chi connectivity index (χ4v) is 3.74. The zero-order valence-corrected chi connectivity index (χ0v) is 16.6. The lowest BCUT2D eigenvalue weighted by Crippen LogP contribution is -2.41. The number of imide groups is 1. The van der Waals surface area contributed by atoms with Crippen LogP contribution in [-0.2, 0) is 16.9 Å². The maximum absolute atomic E-state index is 14.2. The summed E-state index contributed by atoms with van der Waals surface area (Å²) in [4.78, 5) is 48.6. The number of carbonyl (C=O) groups is 2. The van der Waals surface area contributed by atoms with Gasteiger partial charge in [0.05, 0.1) is 10.4 Å². The van der Waals surface area contributed by atoms with Crippen LogP contribution in [0.4, 0.5) is 19.3 Å². The van der Waals surface area contributed by atoms with Gasteiger partial charge in [0.15, 0.2) is 5.58 Å². The van der Waals surface area contributed by atoms with Gasteiger partial charge < -0.3 is 9.73 Å². The van der Waals surface area contributed by atoms with Crippen LogP contribution in [0.1, 0.15) is 18.9 Å². The lowest BCUT2D eigenvalue weighted by molar-refractivity contribution is -0.384. The fraction of sp³-hybridized carbons (Fsp3) is 0.250. The van der Waals surface area contributed by atoms with Crippen molar-refractivity contribution in [2.24, 2.45) is 0 Å². The average molecular weight is 446 g/mol. The van der Waals surface area contributed by atoms with Gasteiger partial charge in [0.1, 0.15) is 17.2 Å². The van der Waals surface area contributed by atoms with E-state index in [1.54, 1.807) is 0 Å². The molecule has 0 radical (unpaired) electrons. The van der Waals surface area contributed by atoms with Gasteiger partial charge in [-0.25, -0.2) is 18.4 Å². The number of rotatable bonds is 6. The van der Waals surface area contributed by atoms with E-state index in [0.717, 1.165) is 17.0 Å². The van der Waals surface area contributed by atoms with Gasteiger partial charge in [-0.3, -0.25) is 24.4 Å². The molecule has 12 heteroatoms. The number of fused-ring (bicyclic) bond motifs is 1. The Labute approximate surface area is 178 Å². The number of nitrogens with one attached hydrogen (secondary N) is 1. The molecule has 0 bridgehead atoms. The molecular formula is C20H16F2N4O6. The van der Waals surface area contributed by atoms with Crippen molar-refractivity contribution in [1.82, 2.24) is 14.8 Å². The number of aromatic nitrogens is 1. The van der Waals surface area contributed by atoms with Gasteiger partial charge >= 0.3 is 11.8 Å². The summed E-state index contributed by atoms with van der Waals surface area (Å²) in [5.74, 6) is -3.26. The monoisotopic (exact) mass is 446 g/mol. The summed E-state index contributed by atoms with van der Waals surface area (Å²) in [6.45, 7) is 1.21. The molecule has 2 aromatic carbocycles. The van der Waals surface area contributed by atoms with Crippen LogP contribution in [0.15, 0.2) is 45.6 Å². The number of hydrogen-bond acceptors (Lipinski definition) is 6. The van der Waals surface area contributed by atoms with E-state index in [-0.39, 0.29) is 41.9 Å². The molecule has 1 saturated heterocycles. The van der Waals surface area contributed by atoms with Crippen LogP contribution < -0.4 is 11.1 Å². The molecule has 4 rings (SSSR count). The Morgan fingerprint density at radius 1 is 1.12 bits per heavy atom. The first kappa shape index (κ1) is 21.2. The first-order valence-electron chi connectivity index (χ1n) is 9.49. The first-order valence-corrected chi connectivity index (χ1v) is 9.49. The third kappa shape index (κ3) is 3.39. The minimum Gasteiger partial charge on any atom is -0.408 e. The molecule has 1 atom stereocenters. The minimum absolute atomic E-state index is 0.00564. The number of oxazole rings is 1. The number of benzene rings is 2. The molecule has 3 amide bonds. The summed E-state index contributed by atoms with van der Waals surface area (Å²) in [6.07, 6.45) is 0.123. The second-order valence-corrected chi connectivity index (χ2v) is 7.42. The number of hydrogen-bond donors (Lipinski definition) is 1. The molecule has 0 saturated carbocycles. The highest BCUT2D eigenvalue weighted by molar-refractivity contribution is 6.07. The molecular weight excluding hydrogens is 430 g/mol. The molecule has 2 heterocycles. The van der Waals surface area contributed by atoms with E-state index in [9.17, 15) is 33.3 Å². The Kier molecular flexibility index (Phi) is 4.99. The largest absolute Gasteiger partial charge is 0.419 e. The number of urea groups is 1. The Bertz CT molecular complexity index is 1330. The van der Waals surface area contributed by atoms with Crippen LogP contribution in [-0.4, -0.2) is 32.9 Å². The molecule has 0 aliphatic carbocycles. The number of halogens is 2. The second kappa shape index (κ2) is 7.55. The van der Waals surface area contributed by atoms with E-state index >= 15 is 0 Å². The number of non-ortho nitro benzene ring substituents is 1. The second-order valence-electron chi connectivity index (χ2n) is 7.42. The molecule has 1 fully saturated rings. The number of nitrogens with zero attached hydrogens (tertiary/aromatic N) is 3. The van der Waals surface area contributed by atoms with Crippen LogP contribution >= 0.6 is 0 Å². The standard InChI is InChI=1S/C20H16F2N4O6/c1-20(13-5-3-11(21)9-14(13)22)17(27)25(18(28)23-20)8-2-7-24-15-10-12(26(30)31)4-6-16(15)32-19(24)29/h3-6,9-10H,2,7-8H2,1H3,(H,23,28). The quantitative estimate of drug-likeness (QED) is 0.352. The Balaban J connectivity index is 1.52. The highest BCUT2D eigenvalue weighted by atomic mass is 19.1. The average Bonchev–Trinajstić information content (AvgIpc) is 3.15. The third-order valence-electron chi connectivity index (χ3n) is 5.37. The Hall–Kier alpha value is -4.09. The number of aryl methyl sites for hydroxylation is 1. The van der Waals surface area contributed by atoms with Gasteiger partial charge in [-0.1, -0.05) is 6.07 Å². The van der Waals surface area contributed by atoms with Crippen LogP contribution in [0.5, 0.6) is 0 Å². The zero-order valence-electron chi connectivity index (χ0n) is 16.6. The Morgan fingerprint density at radius 3 is 2.56 bits per heavy atom. The summed E-state index contributed by atoms with van der Waals surface area (Å²) in [7, 11) is 0. The molecule has 32 heavy (non-hydrogen) atoms. The van der Waals surface area contributed by atoms with Gasteiger partial charge in [-0.2, -0.15) is 0 Å². The normalized spacial score (nSPS) is 18.4. The molecule has 1 aliphatic rings. The van der Waals surface area contributed by atoms with Crippen molar-refractivity contribution in [2.75, 3.05) is 6.54 Å². The number of nitro benzene ring substituents is 1. The van der Waals surface area contributed by atoms with Crippen LogP contribution in [0.25, 0.3) is 11.1 Å². The van der Waals surface area contributed by atoms with Crippen molar-refractivity contribution in [2.45, 2.75) is 25.4 Å². The molecule has 0 spiro atoms. The van der Waals surface area contributed by atoms with Crippen molar-refractivity contribution in [3.63, 3.8) is 0 Å². The maximum atomic E-state index is 14.2. The molecule has 3 aromatic rings. The van der Waals surface area contributed by atoms with Crippen molar-refractivity contribution < 1.29 is 27.7 Å². The summed E-state index contributed by atoms with van der Waals surface area (Å²) < 4.78 is 33.7. The maximum Gasteiger partial charge on any atom is 0.419 e. The molecule has 10 nitrogen and oxygen atoms in total. The SMILES string of the molecule is CC1(c2ccc(F)cc2F)NC(=O)N(CCCn2c(=O)oc3ccc([N+](=O)[O-])cc32)C1=O. The third-order valence-corrected chi connectivity index (χ3v) is 5.37. The highest BCUT2D eigenvalue weighted by Crippen LogP contribution is 2.31. The number of carbonyl (C=O) groups excluding carboxylic acids is 2. The molecule has 1 aliphatic heterocycles. The van der Waals surface area contributed by atoms with Gasteiger partial charge in [-0.15, -0.1) is 0 Å². The zero-order chi connectivity index (χ0) is 23.2. The summed E-state index contributed by atoms with van der Waals surface area (Å²) >= 11 is 0. The van der Waals surface area contributed by atoms with Crippen LogP contribution in [0.3, 0.4) is 0 Å².